The molecule has 0 spiro atoms. The van der Waals surface area contributed by atoms with Crippen LogP contribution in [0.25, 0.3) is 0 Å². The number of aromatic nitrogens is 3. The second-order valence-corrected chi connectivity index (χ2v) is 5.31. The molecule has 0 aliphatic carbocycles. The molecular formula is C10H8BrClN4S. The van der Waals surface area contributed by atoms with Crippen LogP contribution in [0.5, 0.6) is 0 Å². The van der Waals surface area contributed by atoms with Crippen molar-refractivity contribution in [1.29, 1.82) is 0 Å². The zero-order chi connectivity index (χ0) is 12.3. The van der Waals surface area contributed by atoms with Gasteiger partial charge in [0, 0.05) is 16.4 Å². The smallest absolute Gasteiger partial charge is 0.228 e. The van der Waals surface area contributed by atoms with Crippen molar-refractivity contribution in [2.45, 2.75) is 10.1 Å². The summed E-state index contributed by atoms with van der Waals surface area (Å²) < 4.78 is 1.01. The summed E-state index contributed by atoms with van der Waals surface area (Å²) in [6.07, 6.45) is 0. The number of hydrogen-bond donors (Lipinski definition) is 1. The molecule has 0 saturated heterocycles. The monoisotopic (exact) mass is 330 g/mol. The van der Waals surface area contributed by atoms with Crippen LogP contribution in [0.15, 0.2) is 38.8 Å². The molecule has 1 N–H and O–H groups in total. The first-order valence-corrected chi connectivity index (χ1v) is 6.69. The third kappa shape index (κ3) is 3.55. The third-order valence-corrected chi connectivity index (χ3v) is 3.33. The largest absolute Gasteiger partial charge is 0.357 e. The SMILES string of the molecule is CNc1nc(Cl)nc(Sc2cccc(Br)c2)n1. The average molecular weight is 332 g/mol. The van der Waals surface area contributed by atoms with E-state index in [1.807, 2.05) is 24.3 Å². The van der Waals surface area contributed by atoms with Crippen molar-refractivity contribution in [2.75, 3.05) is 12.4 Å². The van der Waals surface area contributed by atoms with Gasteiger partial charge in [0.2, 0.25) is 11.2 Å². The van der Waals surface area contributed by atoms with E-state index < -0.39 is 0 Å². The van der Waals surface area contributed by atoms with Crippen LogP contribution in [0.4, 0.5) is 5.95 Å². The highest BCUT2D eigenvalue weighted by Gasteiger charge is 2.05. The van der Waals surface area contributed by atoms with Crippen molar-refractivity contribution in [3.8, 4) is 0 Å². The van der Waals surface area contributed by atoms with E-state index in [0.717, 1.165) is 9.37 Å². The zero-order valence-corrected chi connectivity index (χ0v) is 12.0. The molecule has 0 amide bonds. The van der Waals surface area contributed by atoms with Crippen molar-refractivity contribution in [2.24, 2.45) is 0 Å². The van der Waals surface area contributed by atoms with Gasteiger partial charge in [-0.25, -0.2) is 0 Å². The van der Waals surface area contributed by atoms with Crippen LogP contribution >= 0.6 is 39.3 Å². The second kappa shape index (κ2) is 5.66. The first-order valence-electron chi connectivity index (χ1n) is 4.70. The standard InChI is InChI=1S/C10H8BrClN4S/c1-13-9-14-8(12)15-10(16-9)17-7-4-2-3-6(11)5-7/h2-5H,1H3,(H,13,14,15,16). The lowest BCUT2D eigenvalue weighted by molar-refractivity contribution is 0.908. The van der Waals surface area contributed by atoms with E-state index in [-0.39, 0.29) is 5.28 Å². The van der Waals surface area contributed by atoms with Gasteiger partial charge in [0.15, 0.2) is 5.16 Å². The molecule has 88 valence electrons. The van der Waals surface area contributed by atoms with E-state index in [4.69, 9.17) is 11.6 Å². The average Bonchev–Trinajstić information content (AvgIpc) is 2.28. The molecule has 17 heavy (non-hydrogen) atoms. The molecule has 0 bridgehead atoms. The van der Waals surface area contributed by atoms with Crippen LogP contribution in [0.2, 0.25) is 5.28 Å². The van der Waals surface area contributed by atoms with Crippen molar-refractivity contribution < 1.29 is 0 Å². The van der Waals surface area contributed by atoms with Gasteiger partial charge in [-0.15, -0.1) is 0 Å². The summed E-state index contributed by atoms with van der Waals surface area (Å²) in [5, 5.41) is 3.58. The summed E-state index contributed by atoms with van der Waals surface area (Å²) in [5.74, 6) is 0.461. The quantitative estimate of drug-likeness (QED) is 0.933. The molecular weight excluding hydrogens is 324 g/mol. The van der Waals surface area contributed by atoms with Gasteiger partial charge in [0.1, 0.15) is 0 Å². The van der Waals surface area contributed by atoms with Crippen LogP contribution < -0.4 is 5.32 Å². The van der Waals surface area contributed by atoms with E-state index in [0.29, 0.717) is 11.1 Å². The van der Waals surface area contributed by atoms with Crippen LogP contribution in [0.1, 0.15) is 0 Å². The number of anilines is 1. The Morgan fingerprint density at radius 3 is 2.82 bits per heavy atom. The van der Waals surface area contributed by atoms with Gasteiger partial charge in [-0.3, -0.25) is 0 Å². The number of rotatable bonds is 3. The molecule has 0 unspecified atom stereocenters. The highest BCUT2D eigenvalue weighted by atomic mass is 79.9. The van der Waals surface area contributed by atoms with Crippen molar-refractivity contribution in [3.63, 3.8) is 0 Å². The molecule has 0 aliphatic heterocycles. The lowest BCUT2D eigenvalue weighted by Gasteiger charge is -2.03. The van der Waals surface area contributed by atoms with Crippen molar-refractivity contribution in [1.82, 2.24) is 15.0 Å². The van der Waals surface area contributed by atoms with Crippen molar-refractivity contribution >= 4 is 45.2 Å². The third-order valence-electron chi connectivity index (χ3n) is 1.82. The first-order chi connectivity index (χ1) is 8.17. The van der Waals surface area contributed by atoms with Crippen LogP contribution in [-0.2, 0) is 0 Å². The van der Waals surface area contributed by atoms with E-state index >= 15 is 0 Å². The Bertz CT molecular complexity index is 537. The van der Waals surface area contributed by atoms with Crippen LogP contribution in [-0.4, -0.2) is 22.0 Å². The van der Waals surface area contributed by atoms with Gasteiger partial charge < -0.3 is 5.32 Å². The minimum atomic E-state index is 0.182. The van der Waals surface area contributed by atoms with Crippen LogP contribution in [0.3, 0.4) is 0 Å². The number of halogens is 2. The minimum absolute atomic E-state index is 0.182. The zero-order valence-electron chi connectivity index (χ0n) is 8.82. The number of hydrogen-bond acceptors (Lipinski definition) is 5. The molecule has 2 aromatic rings. The molecule has 0 radical (unpaired) electrons. The lowest BCUT2D eigenvalue weighted by Crippen LogP contribution is -1.99. The first kappa shape index (κ1) is 12.6. The van der Waals surface area contributed by atoms with Gasteiger partial charge >= 0.3 is 0 Å². The summed E-state index contributed by atoms with van der Waals surface area (Å²) >= 11 is 10.6. The van der Waals surface area contributed by atoms with Gasteiger partial charge in [-0.1, -0.05) is 22.0 Å². The lowest BCUT2D eigenvalue weighted by atomic mass is 10.4. The Labute approximate surface area is 116 Å². The fourth-order valence-corrected chi connectivity index (χ4v) is 2.69. The van der Waals surface area contributed by atoms with Gasteiger partial charge in [-0.2, -0.15) is 15.0 Å². The summed E-state index contributed by atoms with van der Waals surface area (Å²) in [6, 6.07) is 7.88. The summed E-state index contributed by atoms with van der Waals surface area (Å²) in [7, 11) is 1.74. The van der Waals surface area contributed by atoms with Gasteiger partial charge in [0.05, 0.1) is 0 Å². The Morgan fingerprint density at radius 1 is 1.29 bits per heavy atom. The topological polar surface area (TPSA) is 50.7 Å². The molecule has 2 rings (SSSR count). The fraction of sp³-hybridized carbons (Fsp3) is 0.100. The molecule has 0 atom stereocenters. The van der Waals surface area contributed by atoms with Crippen molar-refractivity contribution in [3.05, 3.63) is 34.0 Å². The predicted octanol–water partition coefficient (Wildman–Crippen LogP) is 3.48. The maximum absolute atomic E-state index is 5.80. The Hall–Kier alpha value is -0.850. The predicted molar refractivity (Wildman–Crippen MR) is 72.6 cm³/mol. The summed E-state index contributed by atoms with van der Waals surface area (Å²) in [6.45, 7) is 0. The number of nitrogens with zero attached hydrogens (tertiary/aromatic N) is 3. The number of benzene rings is 1. The Kier molecular flexibility index (Phi) is 4.20. The fourth-order valence-electron chi connectivity index (χ4n) is 1.13. The second-order valence-electron chi connectivity index (χ2n) is 3.02. The molecule has 1 aromatic heterocycles. The van der Waals surface area contributed by atoms with Gasteiger partial charge in [0.25, 0.3) is 0 Å². The van der Waals surface area contributed by atoms with E-state index in [1.54, 1.807) is 7.05 Å². The number of nitrogens with one attached hydrogen (secondary N) is 1. The van der Waals surface area contributed by atoms with E-state index in [1.165, 1.54) is 11.8 Å². The Balaban J connectivity index is 2.26. The highest BCUT2D eigenvalue weighted by Crippen LogP contribution is 2.27. The highest BCUT2D eigenvalue weighted by molar-refractivity contribution is 9.10. The summed E-state index contributed by atoms with van der Waals surface area (Å²) in [5.41, 5.74) is 0. The normalized spacial score (nSPS) is 10.3. The molecule has 0 aliphatic rings. The van der Waals surface area contributed by atoms with E-state index in [2.05, 4.69) is 36.2 Å². The molecule has 1 aromatic carbocycles. The molecule has 0 saturated carbocycles. The minimum Gasteiger partial charge on any atom is -0.357 e. The molecule has 7 heteroatoms. The maximum Gasteiger partial charge on any atom is 0.228 e. The van der Waals surface area contributed by atoms with Gasteiger partial charge in [-0.05, 0) is 41.6 Å². The summed E-state index contributed by atoms with van der Waals surface area (Å²) in [4.78, 5) is 13.2. The van der Waals surface area contributed by atoms with Crippen LogP contribution in [0, 0.1) is 0 Å². The Morgan fingerprint density at radius 2 is 2.12 bits per heavy atom. The molecule has 1 heterocycles. The molecule has 0 fully saturated rings. The molecule has 4 nitrogen and oxygen atoms in total. The maximum atomic E-state index is 5.80. The van der Waals surface area contributed by atoms with E-state index in [9.17, 15) is 0 Å².